The minimum atomic E-state index is -0.238. The molecule has 2 heterocycles. The summed E-state index contributed by atoms with van der Waals surface area (Å²) in [6.07, 6.45) is 4.08. The molecule has 2 aromatic heterocycles. The van der Waals surface area contributed by atoms with Gasteiger partial charge in [0.05, 0.1) is 11.7 Å². The van der Waals surface area contributed by atoms with Gasteiger partial charge in [0.2, 0.25) is 0 Å². The van der Waals surface area contributed by atoms with E-state index >= 15 is 0 Å². The van der Waals surface area contributed by atoms with Crippen LogP contribution in [0.3, 0.4) is 0 Å². The van der Waals surface area contributed by atoms with Crippen LogP contribution >= 0.6 is 11.6 Å². The minimum Gasteiger partial charge on any atom is -0.480 e. The first-order valence-electron chi connectivity index (χ1n) is 9.08. The van der Waals surface area contributed by atoms with Gasteiger partial charge in [0.25, 0.3) is 5.56 Å². The quantitative estimate of drug-likeness (QED) is 0.616. The number of carbonyl (C=O) groups excluding carboxylic acids is 1. The molecule has 1 aromatic carbocycles. The summed E-state index contributed by atoms with van der Waals surface area (Å²) in [5.41, 5.74) is 1.31. The van der Waals surface area contributed by atoms with Crippen molar-refractivity contribution in [1.82, 2.24) is 14.5 Å². The summed E-state index contributed by atoms with van der Waals surface area (Å²) < 4.78 is 7.19. The summed E-state index contributed by atoms with van der Waals surface area (Å²) in [5, 5.41) is 4.35. The zero-order chi connectivity index (χ0) is 20.1. The lowest BCUT2D eigenvalue weighted by Crippen LogP contribution is -2.24. The Hall–Kier alpha value is -2.93. The van der Waals surface area contributed by atoms with E-state index in [9.17, 15) is 9.59 Å². The van der Waals surface area contributed by atoms with Crippen molar-refractivity contribution in [2.45, 2.75) is 33.2 Å². The monoisotopic (exact) mass is 400 g/mol. The lowest BCUT2D eigenvalue weighted by Gasteiger charge is -2.14. The van der Waals surface area contributed by atoms with E-state index in [1.807, 2.05) is 25.1 Å². The molecule has 0 saturated carbocycles. The van der Waals surface area contributed by atoms with E-state index in [2.05, 4.69) is 15.3 Å². The first-order chi connectivity index (χ1) is 13.5. The molecule has 0 aliphatic carbocycles. The Morgan fingerprint density at radius 3 is 2.82 bits per heavy atom. The van der Waals surface area contributed by atoms with Gasteiger partial charge in [-0.25, -0.2) is 9.97 Å². The average Bonchev–Trinajstić information content (AvgIpc) is 2.70. The van der Waals surface area contributed by atoms with E-state index in [1.165, 1.54) is 12.5 Å². The number of ether oxygens (including phenoxy) is 1. The van der Waals surface area contributed by atoms with Gasteiger partial charge in [-0.3, -0.25) is 9.59 Å². The molecule has 0 atom stereocenters. The van der Waals surface area contributed by atoms with E-state index in [4.69, 9.17) is 16.3 Å². The first-order valence-corrected chi connectivity index (χ1v) is 9.46. The van der Waals surface area contributed by atoms with Crippen molar-refractivity contribution in [3.8, 4) is 5.75 Å². The molecule has 28 heavy (non-hydrogen) atoms. The SMILES string of the molecule is CCCn1c(=O)c(OCC(=O)CC)cc2cc(Nc3ncncc3Cl)ccc21. The fourth-order valence-electron chi connectivity index (χ4n) is 2.79. The van der Waals surface area contributed by atoms with Crippen molar-refractivity contribution in [1.29, 1.82) is 0 Å². The normalized spacial score (nSPS) is 10.8. The largest absolute Gasteiger partial charge is 0.480 e. The van der Waals surface area contributed by atoms with Crippen LogP contribution in [-0.2, 0) is 11.3 Å². The number of carbonyl (C=O) groups is 1. The molecule has 0 saturated heterocycles. The molecule has 0 radical (unpaired) electrons. The lowest BCUT2D eigenvalue weighted by atomic mass is 10.1. The predicted molar refractivity (Wildman–Crippen MR) is 110 cm³/mol. The molecule has 0 aliphatic rings. The fourth-order valence-corrected chi connectivity index (χ4v) is 2.94. The number of aryl methyl sites for hydroxylation is 1. The minimum absolute atomic E-state index is 0.0599. The number of nitrogens with zero attached hydrogens (tertiary/aromatic N) is 3. The van der Waals surface area contributed by atoms with Gasteiger partial charge < -0.3 is 14.6 Å². The molecular weight excluding hydrogens is 380 g/mol. The van der Waals surface area contributed by atoms with Crippen LogP contribution in [-0.4, -0.2) is 26.9 Å². The highest BCUT2D eigenvalue weighted by atomic mass is 35.5. The van der Waals surface area contributed by atoms with E-state index < -0.39 is 0 Å². The van der Waals surface area contributed by atoms with Crippen LogP contribution < -0.4 is 15.6 Å². The van der Waals surface area contributed by atoms with Crippen LogP contribution in [0.5, 0.6) is 5.75 Å². The number of anilines is 2. The molecule has 0 aliphatic heterocycles. The lowest BCUT2D eigenvalue weighted by molar-refractivity contribution is -0.120. The van der Waals surface area contributed by atoms with Gasteiger partial charge in [0, 0.05) is 24.0 Å². The van der Waals surface area contributed by atoms with Crippen LogP contribution in [0.1, 0.15) is 26.7 Å². The number of rotatable bonds is 8. The topological polar surface area (TPSA) is 86.1 Å². The zero-order valence-corrected chi connectivity index (χ0v) is 16.5. The molecule has 3 rings (SSSR count). The van der Waals surface area contributed by atoms with Gasteiger partial charge in [-0.15, -0.1) is 0 Å². The van der Waals surface area contributed by atoms with E-state index in [0.717, 1.165) is 23.0 Å². The molecule has 8 heteroatoms. The Bertz CT molecular complexity index is 1060. The van der Waals surface area contributed by atoms with E-state index in [1.54, 1.807) is 17.6 Å². The predicted octanol–water partition coefficient (Wildman–Crippen LogP) is 3.96. The van der Waals surface area contributed by atoms with Gasteiger partial charge in [-0.05, 0) is 30.7 Å². The summed E-state index contributed by atoms with van der Waals surface area (Å²) in [5.74, 6) is 0.596. The molecule has 0 spiro atoms. The zero-order valence-electron chi connectivity index (χ0n) is 15.7. The summed E-state index contributed by atoms with van der Waals surface area (Å²) in [6, 6.07) is 7.27. The maximum Gasteiger partial charge on any atom is 0.293 e. The summed E-state index contributed by atoms with van der Waals surface area (Å²) in [7, 11) is 0. The van der Waals surface area contributed by atoms with Gasteiger partial charge >= 0.3 is 0 Å². The van der Waals surface area contributed by atoms with Crippen molar-refractivity contribution in [2.24, 2.45) is 0 Å². The van der Waals surface area contributed by atoms with Crippen LogP contribution in [0.4, 0.5) is 11.5 Å². The number of ketones is 1. The Kier molecular flexibility index (Phi) is 6.26. The summed E-state index contributed by atoms with van der Waals surface area (Å²) in [4.78, 5) is 32.3. The highest BCUT2D eigenvalue weighted by molar-refractivity contribution is 6.32. The third kappa shape index (κ3) is 4.31. The number of hydrogen-bond acceptors (Lipinski definition) is 6. The molecule has 0 unspecified atom stereocenters. The number of fused-ring (bicyclic) bond motifs is 1. The third-order valence-corrected chi connectivity index (χ3v) is 4.50. The Morgan fingerprint density at radius 1 is 1.29 bits per heavy atom. The Balaban J connectivity index is 2.03. The van der Waals surface area contributed by atoms with E-state index in [0.29, 0.717) is 23.8 Å². The van der Waals surface area contributed by atoms with Crippen LogP contribution in [0.15, 0.2) is 41.6 Å². The third-order valence-electron chi connectivity index (χ3n) is 4.22. The molecule has 3 aromatic rings. The molecule has 7 nitrogen and oxygen atoms in total. The molecule has 146 valence electrons. The smallest absolute Gasteiger partial charge is 0.293 e. The Morgan fingerprint density at radius 2 is 2.11 bits per heavy atom. The molecule has 0 fully saturated rings. The van der Waals surface area contributed by atoms with Crippen LogP contribution in [0.25, 0.3) is 10.9 Å². The second kappa shape index (κ2) is 8.84. The first kappa shape index (κ1) is 19.8. The van der Waals surface area contributed by atoms with Gasteiger partial charge in [-0.1, -0.05) is 25.4 Å². The van der Waals surface area contributed by atoms with Gasteiger partial charge in [-0.2, -0.15) is 0 Å². The second-order valence-corrected chi connectivity index (χ2v) is 6.67. The molecule has 1 N–H and O–H groups in total. The summed E-state index contributed by atoms with van der Waals surface area (Å²) in [6.45, 7) is 4.20. The van der Waals surface area contributed by atoms with Crippen molar-refractivity contribution >= 4 is 39.8 Å². The highest BCUT2D eigenvalue weighted by Crippen LogP contribution is 2.26. The average molecular weight is 401 g/mol. The number of halogens is 1. The second-order valence-electron chi connectivity index (χ2n) is 6.26. The van der Waals surface area contributed by atoms with E-state index in [-0.39, 0.29) is 23.7 Å². The molecular formula is C20H21ClN4O3. The van der Waals surface area contributed by atoms with Crippen LogP contribution in [0, 0.1) is 0 Å². The van der Waals surface area contributed by atoms with Crippen molar-refractivity contribution in [2.75, 3.05) is 11.9 Å². The Labute approximate surface area is 167 Å². The maximum absolute atomic E-state index is 12.8. The fraction of sp³-hybridized carbons (Fsp3) is 0.300. The highest BCUT2D eigenvalue weighted by Gasteiger charge is 2.12. The number of nitrogens with one attached hydrogen (secondary N) is 1. The molecule has 0 bridgehead atoms. The van der Waals surface area contributed by atoms with Gasteiger partial charge in [0.1, 0.15) is 18.0 Å². The number of aromatic nitrogens is 3. The number of hydrogen-bond donors (Lipinski definition) is 1. The van der Waals surface area contributed by atoms with Crippen LogP contribution in [0.2, 0.25) is 5.02 Å². The summed E-state index contributed by atoms with van der Waals surface area (Å²) >= 11 is 6.10. The number of benzene rings is 1. The van der Waals surface area contributed by atoms with Crippen molar-refractivity contribution in [3.63, 3.8) is 0 Å². The molecule has 0 amide bonds. The number of pyridine rings is 1. The number of Topliss-reactive ketones (excluding diaryl/α,β-unsaturated/α-hetero) is 1. The van der Waals surface area contributed by atoms with Crippen molar-refractivity contribution < 1.29 is 9.53 Å². The standard InChI is InChI=1S/C20H21ClN4O3/c1-3-7-25-17-6-5-14(24-19-16(21)10-22-12-23-19)8-13(17)9-18(20(25)27)28-11-15(26)4-2/h5-6,8-10,12H,3-4,7,11H2,1-2H3,(H,22,23,24). The van der Waals surface area contributed by atoms with Gasteiger partial charge in [0.15, 0.2) is 17.4 Å². The van der Waals surface area contributed by atoms with Crippen molar-refractivity contribution in [3.05, 3.63) is 52.2 Å². The maximum atomic E-state index is 12.8.